The lowest BCUT2D eigenvalue weighted by Gasteiger charge is -2.34. The second-order valence-corrected chi connectivity index (χ2v) is 6.25. The van der Waals surface area contributed by atoms with E-state index < -0.39 is 10.5 Å². The van der Waals surface area contributed by atoms with Crippen LogP contribution in [0.1, 0.15) is 6.42 Å². The van der Waals surface area contributed by atoms with Crippen LogP contribution in [0.3, 0.4) is 0 Å². The SMILES string of the molecule is CS(C)(O)N1CCC(C=O)C1. The molecule has 0 aromatic rings. The van der Waals surface area contributed by atoms with Crippen molar-refractivity contribution in [1.29, 1.82) is 0 Å². The maximum absolute atomic E-state index is 10.4. The predicted octanol–water partition coefficient (Wildman–Crippen LogP) is 0.959. The molecule has 1 aliphatic rings. The third-order valence-electron chi connectivity index (χ3n) is 2.01. The zero-order valence-electron chi connectivity index (χ0n) is 6.99. The molecule has 0 saturated carbocycles. The Kier molecular flexibility index (Phi) is 2.57. The number of hydrogen-bond donors (Lipinski definition) is 1. The summed E-state index contributed by atoms with van der Waals surface area (Å²) in [6.07, 6.45) is 5.56. The molecule has 1 N–H and O–H groups in total. The maximum Gasteiger partial charge on any atom is 0.124 e. The van der Waals surface area contributed by atoms with Gasteiger partial charge in [-0.3, -0.25) is 0 Å². The summed E-state index contributed by atoms with van der Waals surface area (Å²) in [5, 5.41) is 0. The molecule has 1 unspecified atom stereocenters. The third kappa shape index (κ3) is 2.18. The van der Waals surface area contributed by atoms with E-state index in [1.54, 1.807) is 0 Å². The number of aldehydes is 1. The Hall–Kier alpha value is -0.0600. The van der Waals surface area contributed by atoms with Gasteiger partial charge in [0.25, 0.3) is 0 Å². The Morgan fingerprint density at radius 1 is 1.64 bits per heavy atom. The van der Waals surface area contributed by atoms with Crippen LogP contribution in [0.15, 0.2) is 0 Å². The fourth-order valence-corrected chi connectivity index (χ4v) is 2.38. The van der Waals surface area contributed by atoms with Crippen molar-refractivity contribution in [1.82, 2.24) is 4.31 Å². The van der Waals surface area contributed by atoms with Gasteiger partial charge in [-0.15, -0.1) is 0 Å². The summed E-state index contributed by atoms with van der Waals surface area (Å²) in [6.45, 7) is 1.60. The van der Waals surface area contributed by atoms with Gasteiger partial charge in [0.15, 0.2) is 0 Å². The van der Waals surface area contributed by atoms with Crippen molar-refractivity contribution < 1.29 is 9.35 Å². The first-order valence-electron chi connectivity index (χ1n) is 3.70. The number of carbonyl (C=O) groups excluding carboxylic acids is 1. The first-order valence-corrected chi connectivity index (χ1v) is 6.06. The topological polar surface area (TPSA) is 40.5 Å². The maximum atomic E-state index is 10.4. The van der Waals surface area contributed by atoms with Crippen LogP contribution in [0.25, 0.3) is 0 Å². The number of nitrogens with zero attached hydrogens (tertiary/aromatic N) is 1. The number of hydrogen-bond acceptors (Lipinski definition) is 3. The normalized spacial score (nSPS) is 28.8. The van der Waals surface area contributed by atoms with Crippen LogP contribution < -0.4 is 0 Å². The smallest absolute Gasteiger partial charge is 0.124 e. The fraction of sp³-hybridized carbons (Fsp3) is 0.857. The van der Waals surface area contributed by atoms with Gasteiger partial charge in [0, 0.05) is 19.0 Å². The van der Waals surface area contributed by atoms with Gasteiger partial charge in [0.1, 0.15) is 6.29 Å². The summed E-state index contributed by atoms with van der Waals surface area (Å²) in [7, 11) is -1.57. The predicted molar refractivity (Wildman–Crippen MR) is 47.8 cm³/mol. The number of carbonyl (C=O) groups is 1. The molecule has 4 heteroatoms. The molecule has 1 aliphatic heterocycles. The summed E-state index contributed by atoms with van der Waals surface area (Å²) in [4.78, 5) is 10.4. The van der Waals surface area contributed by atoms with Gasteiger partial charge in [-0.05, 0) is 18.9 Å². The van der Waals surface area contributed by atoms with Gasteiger partial charge in [-0.2, -0.15) is 0 Å². The summed E-state index contributed by atoms with van der Waals surface area (Å²) < 4.78 is 11.6. The first-order chi connectivity index (χ1) is 5.04. The lowest BCUT2D eigenvalue weighted by atomic mass is 10.2. The average molecular weight is 177 g/mol. The van der Waals surface area contributed by atoms with E-state index >= 15 is 0 Å². The van der Waals surface area contributed by atoms with Gasteiger partial charge in [-0.25, -0.2) is 4.31 Å². The molecule has 0 aromatic heterocycles. The Balaban J connectivity index is 2.48. The van der Waals surface area contributed by atoms with E-state index in [9.17, 15) is 9.35 Å². The summed E-state index contributed by atoms with van der Waals surface area (Å²) in [5.74, 6) is 0.147. The molecule has 0 aromatic carbocycles. The molecule has 1 rings (SSSR count). The van der Waals surface area contributed by atoms with Crippen molar-refractivity contribution >= 4 is 16.8 Å². The van der Waals surface area contributed by atoms with E-state index in [2.05, 4.69) is 0 Å². The lowest BCUT2D eigenvalue weighted by molar-refractivity contribution is -0.110. The molecule has 0 amide bonds. The molecular weight excluding hydrogens is 162 g/mol. The molecule has 1 fully saturated rings. The van der Waals surface area contributed by atoms with Crippen molar-refractivity contribution in [3.05, 3.63) is 0 Å². The van der Waals surface area contributed by atoms with Gasteiger partial charge in [-0.1, -0.05) is 10.5 Å². The minimum atomic E-state index is -1.57. The average Bonchev–Trinajstić information content (AvgIpc) is 2.32. The molecule has 0 aliphatic carbocycles. The Labute approximate surface area is 69.0 Å². The largest absolute Gasteiger partial charge is 0.339 e. The highest BCUT2D eigenvalue weighted by Crippen LogP contribution is 2.42. The van der Waals surface area contributed by atoms with Crippen LogP contribution in [0.4, 0.5) is 0 Å². The molecule has 0 spiro atoms. The molecule has 66 valence electrons. The summed E-state index contributed by atoms with van der Waals surface area (Å²) >= 11 is 0. The van der Waals surface area contributed by atoms with E-state index in [0.717, 1.165) is 25.8 Å². The van der Waals surface area contributed by atoms with Crippen LogP contribution >= 0.6 is 10.5 Å². The Morgan fingerprint density at radius 3 is 2.55 bits per heavy atom. The van der Waals surface area contributed by atoms with Crippen LogP contribution in [0, 0.1) is 5.92 Å². The Bertz CT molecular complexity index is 155. The molecule has 0 bridgehead atoms. The van der Waals surface area contributed by atoms with E-state index in [1.165, 1.54) is 0 Å². The molecule has 1 atom stereocenters. The van der Waals surface area contributed by atoms with Gasteiger partial charge in [0.2, 0.25) is 0 Å². The first kappa shape index (κ1) is 9.03. The van der Waals surface area contributed by atoms with Crippen molar-refractivity contribution in [3.63, 3.8) is 0 Å². The molecular formula is C7H15NO2S. The molecule has 0 radical (unpaired) electrons. The third-order valence-corrected chi connectivity index (χ3v) is 3.61. The number of rotatable bonds is 2. The van der Waals surface area contributed by atoms with Crippen LogP contribution in [-0.2, 0) is 4.79 Å². The highest BCUT2D eigenvalue weighted by molar-refractivity contribution is 8.26. The second-order valence-electron chi connectivity index (χ2n) is 3.29. The van der Waals surface area contributed by atoms with E-state index in [1.807, 2.05) is 16.8 Å². The highest BCUT2D eigenvalue weighted by Gasteiger charge is 2.28. The van der Waals surface area contributed by atoms with Gasteiger partial charge < -0.3 is 9.35 Å². The quantitative estimate of drug-likeness (QED) is 0.639. The standard InChI is InChI=1S/C7H15NO2S/c1-11(2,10)8-4-3-7(5-8)6-9/h6-7,10H,3-5H2,1-2H3. The Morgan fingerprint density at radius 2 is 2.27 bits per heavy atom. The summed E-state index contributed by atoms with van der Waals surface area (Å²) in [6, 6.07) is 0. The molecule has 1 saturated heterocycles. The van der Waals surface area contributed by atoms with Crippen molar-refractivity contribution in [2.24, 2.45) is 5.92 Å². The van der Waals surface area contributed by atoms with E-state index in [0.29, 0.717) is 0 Å². The highest BCUT2D eigenvalue weighted by atomic mass is 32.3. The zero-order chi connectivity index (χ0) is 8.48. The molecule has 1 heterocycles. The van der Waals surface area contributed by atoms with Gasteiger partial charge >= 0.3 is 0 Å². The zero-order valence-corrected chi connectivity index (χ0v) is 7.80. The van der Waals surface area contributed by atoms with Gasteiger partial charge in [0.05, 0.1) is 0 Å². The van der Waals surface area contributed by atoms with Crippen molar-refractivity contribution in [2.75, 3.05) is 25.6 Å². The minimum Gasteiger partial charge on any atom is -0.339 e. The van der Waals surface area contributed by atoms with Crippen LogP contribution in [0.2, 0.25) is 0 Å². The minimum absolute atomic E-state index is 0.147. The monoisotopic (exact) mass is 177 g/mol. The van der Waals surface area contributed by atoms with Crippen molar-refractivity contribution in [2.45, 2.75) is 6.42 Å². The molecule has 3 nitrogen and oxygen atoms in total. The second kappa shape index (κ2) is 3.13. The van der Waals surface area contributed by atoms with Crippen LogP contribution in [0.5, 0.6) is 0 Å². The van der Waals surface area contributed by atoms with Crippen LogP contribution in [-0.4, -0.2) is 40.7 Å². The molecule has 11 heavy (non-hydrogen) atoms. The van der Waals surface area contributed by atoms with E-state index in [4.69, 9.17) is 0 Å². The summed E-state index contributed by atoms with van der Waals surface area (Å²) in [5.41, 5.74) is 0. The van der Waals surface area contributed by atoms with E-state index in [-0.39, 0.29) is 5.92 Å². The van der Waals surface area contributed by atoms with Crippen molar-refractivity contribution in [3.8, 4) is 0 Å². The fourth-order valence-electron chi connectivity index (χ4n) is 1.27. The lowest BCUT2D eigenvalue weighted by Crippen LogP contribution is -2.24.